The molecular formula is C23H26N2O3. The molecule has 1 N–H and O–H groups in total. The molecule has 1 amide bonds. The van der Waals surface area contributed by atoms with Crippen LogP contribution in [0.25, 0.3) is 6.08 Å². The van der Waals surface area contributed by atoms with Crippen molar-refractivity contribution in [2.24, 2.45) is 0 Å². The first-order valence-corrected chi connectivity index (χ1v) is 9.52. The van der Waals surface area contributed by atoms with Gasteiger partial charge in [0.25, 0.3) is 5.91 Å². The summed E-state index contributed by atoms with van der Waals surface area (Å²) in [5, 5.41) is 12.2. The molecule has 0 saturated heterocycles. The maximum absolute atomic E-state index is 12.5. The minimum atomic E-state index is -0.448. The van der Waals surface area contributed by atoms with Crippen LogP contribution in [0.5, 0.6) is 11.5 Å². The van der Waals surface area contributed by atoms with Gasteiger partial charge in [-0.05, 0) is 61.2 Å². The van der Waals surface area contributed by atoms with E-state index in [1.54, 1.807) is 24.3 Å². The Morgan fingerprint density at radius 1 is 1.07 bits per heavy atom. The normalized spacial score (nSPS) is 10.9. The number of carbonyl (C=O) groups excluding carboxylic acids is 1. The van der Waals surface area contributed by atoms with E-state index in [1.165, 1.54) is 5.56 Å². The monoisotopic (exact) mass is 378 g/mol. The molecular weight excluding hydrogens is 352 g/mol. The van der Waals surface area contributed by atoms with Crippen molar-refractivity contribution < 1.29 is 14.3 Å². The molecule has 2 rings (SSSR count). The number of nitriles is 1. The van der Waals surface area contributed by atoms with Crippen molar-refractivity contribution in [3.8, 4) is 17.6 Å². The lowest BCUT2D eigenvalue weighted by Gasteiger charge is -2.12. The van der Waals surface area contributed by atoms with Gasteiger partial charge in [-0.2, -0.15) is 5.26 Å². The Morgan fingerprint density at radius 2 is 1.82 bits per heavy atom. The minimum absolute atomic E-state index is 0.0178. The molecule has 0 spiro atoms. The standard InChI is InChI=1S/C23H26N2O3/c1-4-13-28-21-12-9-18(15-22(21)27-6-3)14-19(16-24)23(26)25-20-10-7-17(5-2)8-11-20/h7-12,14-15H,4-6,13H2,1-3H3,(H,25,26)/b19-14-. The molecule has 5 nitrogen and oxygen atoms in total. The Morgan fingerprint density at radius 3 is 2.43 bits per heavy atom. The molecule has 0 aliphatic rings. The van der Waals surface area contributed by atoms with Crippen LogP contribution in [-0.4, -0.2) is 19.1 Å². The number of anilines is 1. The third-order valence-corrected chi connectivity index (χ3v) is 4.03. The molecule has 0 aliphatic heterocycles. The second-order valence-electron chi connectivity index (χ2n) is 6.16. The summed E-state index contributed by atoms with van der Waals surface area (Å²) in [5.41, 5.74) is 2.55. The number of nitrogens with one attached hydrogen (secondary N) is 1. The Kier molecular flexibility index (Phi) is 8.11. The summed E-state index contributed by atoms with van der Waals surface area (Å²) >= 11 is 0. The van der Waals surface area contributed by atoms with E-state index in [2.05, 4.69) is 12.2 Å². The molecule has 0 bridgehead atoms. The predicted octanol–water partition coefficient (Wildman–Crippen LogP) is 4.98. The van der Waals surface area contributed by atoms with E-state index in [4.69, 9.17) is 9.47 Å². The van der Waals surface area contributed by atoms with Gasteiger partial charge in [-0.15, -0.1) is 0 Å². The summed E-state index contributed by atoms with van der Waals surface area (Å²) in [5.74, 6) is 0.799. The highest BCUT2D eigenvalue weighted by Crippen LogP contribution is 2.29. The van der Waals surface area contributed by atoms with Crippen LogP contribution in [0.2, 0.25) is 0 Å². The van der Waals surface area contributed by atoms with Crippen LogP contribution in [0.3, 0.4) is 0 Å². The topological polar surface area (TPSA) is 71.3 Å². The molecule has 0 heterocycles. The summed E-state index contributed by atoms with van der Waals surface area (Å²) in [7, 11) is 0. The third kappa shape index (κ3) is 5.88. The number of aryl methyl sites for hydroxylation is 1. The molecule has 0 unspecified atom stereocenters. The first kappa shape index (κ1) is 21.0. The fraction of sp³-hybridized carbons (Fsp3) is 0.304. The average molecular weight is 378 g/mol. The van der Waals surface area contributed by atoms with Crippen molar-refractivity contribution in [3.63, 3.8) is 0 Å². The highest BCUT2D eigenvalue weighted by Gasteiger charge is 2.11. The van der Waals surface area contributed by atoms with Crippen LogP contribution in [-0.2, 0) is 11.2 Å². The van der Waals surface area contributed by atoms with Gasteiger partial charge in [0.15, 0.2) is 11.5 Å². The van der Waals surface area contributed by atoms with E-state index in [-0.39, 0.29) is 5.57 Å². The van der Waals surface area contributed by atoms with Crippen LogP contribution in [0, 0.1) is 11.3 Å². The quantitative estimate of drug-likeness (QED) is 0.493. The number of nitrogens with zero attached hydrogens (tertiary/aromatic N) is 1. The fourth-order valence-electron chi connectivity index (χ4n) is 2.55. The van der Waals surface area contributed by atoms with Crippen molar-refractivity contribution in [2.75, 3.05) is 18.5 Å². The molecule has 28 heavy (non-hydrogen) atoms. The van der Waals surface area contributed by atoms with E-state index in [0.29, 0.717) is 36.0 Å². The van der Waals surface area contributed by atoms with Crippen molar-refractivity contribution in [2.45, 2.75) is 33.6 Å². The zero-order valence-corrected chi connectivity index (χ0v) is 16.6. The Labute approximate surface area is 166 Å². The lowest BCUT2D eigenvalue weighted by atomic mass is 10.1. The second-order valence-corrected chi connectivity index (χ2v) is 6.16. The highest BCUT2D eigenvalue weighted by molar-refractivity contribution is 6.09. The van der Waals surface area contributed by atoms with E-state index in [9.17, 15) is 10.1 Å². The van der Waals surface area contributed by atoms with Crippen molar-refractivity contribution in [3.05, 3.63) is 59.2 Å². The summed E-state index contributed by atoms with van der Waals surface area (Å²) in [6.07, 6.45) is 3.37. The third-order valence-electron chi connectivity index (χ3n) is 4.03. The van der Waals surface area contributed by atoms with Gasteiger partial charge in [0.05, 0.1) is 13.2 Å². The Bertz CT molecular complexity index is 864. The SMILES string of the molecule is CCCOc1ccc(/C=C(/C#N)C(=O)Nc2ccc(CC)cc2)cc1OCC. The fourth-order valence-corrected chi connectivity index (χ4v) is 2.55. The number of amides is 1. The van der Waals surface area contributed by atoms with Crippen molar-refractivity contribution in [1.29, 1.82) is 5.26 Å². The second kappa shape index (κ2) is 10.8. The smallest absolute Gasteiger partial charge is 0.266 e. The average Bonchev–Trinajstić information content (AvgIpc) is 2.72. The van der Waals surface area contributed by atoms with Crippen LogP contribution < -0.4 is 14.8 Å². The van der Waals surface area contributed by atoms with E-state index >= 15 is 0 Å². The number of benzene rings is 2. The maximum atomic E-state index is 12.5. The maximum Gasteiger partial charge on any atom is 0.266 e. The van der Waals surface area contributed by atoms with Gasteiger partial charge in [-0.25, -0.2) is 0 Å². The lowest BCUT2D eigenvalue weighted by molar-refractivity contribution is -0.112. The van der Waals surface area contributed by atoms with Gasteiger partial charge in [0.1, 0.15) is 11.6 Å². The zero-order valence-electron chi connectivity index (χ0n) is 16.6. The van der Waals surface area contributed by atoms with Crippen molar-refractivity contribution >= 4 is 17.7 Å². The zero-order chi connectivity index (χ0) is 20.4. The van der Waals surface area contributed by atoms with Crippen LogP contribution in [0.1, 0.15) is 38.3 Å². The van der Waals surface area contributed by atoms with E-state index < -0.39 is 5.91 Å². The molecule has 2 aromatic carbocycles. The summed E-state index contributed by atoms with van der Waals surface area (Å²) in [6, 6.07) is 14.9. The van der Waals surface area contributed by atoms with E-state index in [1.807, 2.05) is 44.2 Å². The molecule has 0 aliphatic carbocycles. The Balaban J connectivity index is 2.20. The van der Waals surface area contributed by atoms with Crippen molar-refractivity contribution in [1.82, 2.24) is 0 Å². The van der Waals surface area contributed by atoms with Gasteiger partial charge in [-0.3, -0.25) is 4.79 Å². The lowest BCUT2D eigenvalue weighted by Crippen LogP contribution is -2.13. The van der Waals surface area contributed by atoms with Gasteiger partial charge in [0.2, 0.25) is 0 Å². The molecule has 0 aromatic heterocycles. The number of carbonyl (C=O) groups is 1. The number of hydrogen-bond donors (Lipinski definition) is 1. The predicted molar refractivity (Wildman–Crippen MR) is 111 cm³/mol. The molecule has 0 saturated carbocycles. The van der Waals surface area contributed by atoms with E-state index in [0.717, 1.165) is 12.8 Å². The summed E-state index contributed by atoms with van der Waals surface area (Å²) in [6.45, 7) is 7.08. The minimum Gasteiger partial charge on any atom is -0.490 e. The largest absolute Gasteiger partial charge is 0.490 e. The van der Waals surface area contributed by atoms with Crippen LogP contribution in [0.4, 0.5) is 5.69 Å². The Hall–Kier alpha value is -3.26. The van der Waals surface area contributed by atoms with Crippen LogP contribution in [0.15, 0.2) is 48.0 Å². The molecule has 146 valence electrons. The van der Waals surface area contributed by atoms with Crippen LogP contribution >= 0.6 is 0 Å². The first-order chi connectivity index (χ1) is 13.6. The first-order valence-electron chi connectivity index (χ1n) is 9.52. The molecule has 5 heteroatoms. The number of hydrogen-bond acceptors (Lipinski definition) is 4. The summed E-state index contributed by atoms with van der Waals surface area (Å²) in [4.78, 5) is 12.5. The molecule has 2 aromatic rings. The number of ether oxygens (including phenoxy) is 2. The van der Waals surface area contributed by atoms with Gasteiger partial charge in [0, 0.05) is 5.69 Å². The number of rotatable bonds is 9. The molecule has 0 fully saturated rings. The molecule has 0 atom stereocenters. The van der Waals surface area contributed by atoms with Gasteiger partial charge < -0.3 is 14.8 Å². The molecule has 0 radical (unpaired) electrons. The highest BCUT2D eigenvalue weighted by atomic mass is 16.5. The summed E-state index contributed by atoms with van der Waals surface area (Å²) < 4.78 is 11.3. The van der Waals surface area contributed by atoms with Gasteiger partial charge in [-0.1, -0.05) is 32.0 Å². The van der Waals surface area contributed by atoms with Gasteiger partial charge >= 0.3 is 0 Å².